The molecule has 0 saturated heterocycles. The molecule has 104 valence electrons. The van der Waals surface area contributed by atoms with Gasteiger partial charge in [-0.25, -0.2) is 4.79 Å². The molecule has 0 aliphatic heterocycles. The minimum atomic E-state index is -0.322. The van der Waals surface area contributed by atoms with Gasteiger partial charge >= 0.3 is 5.97 Å². The molecule has 0 heterocycles. The Balaban J connectivity index is 2.90. The van der Waals surface area contributed by atoms with Crippen molar-refractivity contribution >= 4 is 11.8 Å². The average molecular weight is 262 g/mol. The molecule has 0 N–H and O–H groups in total. The molecule has 0 bridgehead atoms. The third kappa shape index (κ3) is 3.91. The highest BCUT2D eigenvalue weighted by Gasteiger charge is 2.21. The zero-order chi connectivity index (χ0) is 14.4. The van der Waals surface area contributed by atoms with Crippen LogP contribution in [0, 0.1) is 5.92 Å². The summed E-state index contributed by atoms with van der Waals surface area (Å²) < 4.78 is 4.93. The normalized spacial score (nSPS) is 12.3. The molecule has 0 fully saturated rings. The van der Waals surface area contributed by atoms with Crippen LogP contribution in [0.15, 0.2) is 24.3 Å². The number of hydrogen-bond acceptors (Lipinski definition) is 3. The molecule has 1 rings (SSSR count). The van der Waals surface area contributed by atoms with Crippen LogP contribution in [-0.2, 0) is 9.53 Å². The summed E-state index contributed by atoms with van der Waals surface area (Å²) in [4.78, 5) is 23.7. The van der Waals surface area contributed by atoms with Crippen molar-refractivity contribution in [3.63, 3.8) is 0 Å². The van der Waals surface area contributed by atoms with Crippen molar-refractivity contribution in [2.24, 2.45) is 5.92 Å². The Morgan fingerprint density at radius 2 is 1.68 bits per heavy atom. The van der Waals surface area contributed by atoms with Gasteiger partial charge in [0.2, 0.25) is 0 Å². The summed E-state index contributed by atoms with van der Waals surface area (Å²) in [5, 5.41) is 0. The van der Waals surface area contributed by atoms with Gasteiger partial charge in [0.25, 0.3) is 0 Å². The molecule has 0 aliphatic rings. The molecule has 19 heavy (non-hydrogen) atoms. The highest BCUT2D eigenvalue weighted by atomic mass is 16.5. The van der Waals surface area contributed by atoms with Crippen molar-refractivity contribution < 1.29 is 14.3 Å². The number of esters is 1. The standard InChI is InChI=1S/C16H22O3/c1-5-14(15(17)11(3)4)12-7-9-13(10-8-12)16(18)19-6-2/h7-11,14H,5-6H2,1-4H3/t14-/m0/s1. The molecule has 1 aromatic carbocycles. The van der Waals surface area contributed by atoms with Gasteiger partial charge < -0.3 is 4.74 Å². The van der Waals surface area contributed by atoms with Crippen molar-refractivity contribution in [2.45, 2.75) is 40.0 Å². The maximum atomic E-state index is 12.1. The first kappa shape index (κ1) is 15.4. The van der Waals surface area contributed by atoms with Crippen LogP contribution in [-0.4, -0.2) is 18.4 Å². The van der Waals surface area contributed by atoms with Crippen LogP contribution >= 0.6 is 0 Å². The van der Waals surface area contributed by atoms with Crippen LogP contribution in [0.25, 0.3) is 0 Å². The van der Waals surface area contributed by atoms with E-state index in [1.54, 1.807) is 19.1 Å². The topological polar surface area (TPSA) is 43.4 Å². The van der Waals surface area contributed by atoms with E-state index in [1.165, 1.54) is 0 Å². The Morgan fingerprint density at radius 3 is 2.11 bits per heavy atom. The third-order valence-corrected chi connectivity index (χ3v) is 3.14. The molecule has 0 aromatic heterocycles. The number of benzene rings is 1. The summed E-state index contributed by atoms with van der Waals surface area (Å²) in [6.45, 7) is 7.98. The summed E-state index contributed by atoms with van der Waals surface area (Å²) in [7, 11) is 0. The van der Waals surface area contributed by atoms with Crippen molar-refractivity contribution in [1.82, 2.24) is 0 Å². The largest absolute Gasteiger partial charge is 0.462 e. The molecule has 1 aromatic rings. The number of hydrogen-bond donors (Lipinski definition) is 0. The van der Waals surface area contributed by atoms with Gasteiger partial charge in [0.05, 0.1) is 12.2 Å². The Hall–Kier alpha value is -1.64. The summed E-state index contributed by atoms with van der Waals surface area (Å²) >= 11 is 0. The van der Waals surface area contributed by atoms with Gasteiger partial charge in [-0.3, -0.25) is 4.79 Å². The highest BCUT2D eigenvalue weighted by Crippen LogP contribution is 2.24. The Morgan fingerprint density at radius 1 is 1.11 bits per heavy atom. The minimum Gasteiger partial charge on any atom is -0.462 e. The quantitative estimate of drug-likeness (QED) is 0.736. The van der Waals surface area contributed by atoms with Crippen molar-refractivity contribution in [2.75, 3.05) is 6.61 Å². The van der Waals surface area contributed by atoms with E-state index in [1.807, 2.05) is 32.9 Å². The molecule has 0 unspecified atom stereocenters. The predicted molar refractivity (Wildman–Crippen MR) is 75.3 cm³/mol. The van der Waals surface area contributed by atoms with Gasteiger partial charge in [-0.15, -0.1) is 0 Å². The number of rotatable bonds is 6. The van der Waals surface area contributed by atoms with Gasteiger partial charge in [0.1, 0.15) is 5.78 Å². The molecule has 0 spiro atoms. The van der Waals surface area contributed by atoms with Crippen LogP contribution < -0.4 is 0 Å². The lowest BCUT2D eigenvalue weighted by atomic mass is 9.86. The number of Topliss-reactive ketones (excluding diaryl/α,β-unsaturated/α-hetero) is 1. The van der Waals surface area contributed by atoms with Crippen molar-refractivity contribution in [3.8, 4) is 0 Å². The van der Waals surface area contributed by atoms with E-state index in [0.717, 1.165) is 12.0 Å². The summed E-state index contributed by atoms with van der Waals surface area (Å²) in [5.41, 5.74) is 1.49. The van der Waals surface area contributed by atoms with Crippen LogP contribution in [0.1, 0.15) is 56.0 Å². The molecule has 3 heteroatoms. The maximum Gasteiger partial charge on any atom is 0.338 e. The molecule has 0 aliphatic carbocycles. The van der Waals surface area contributed by atoms with E-state index < -0.39 is 0 Å². The molecule has 1 atom stereocenters. The maximum absolute atomic E-state index is 12.1. The molecule has 0 radical (unpaired) electrons. The van der Waals surface area contributed by atoms with Crippen LogP contribution in [0.4, 0.5) is 0 Å². The first-order valence-corrected chi connectivity index (χ1v) is 6.82. The molecular weight excluding hydrogens is 240 g/mol. The van der Waals surface area contributed by atoms with Gasteiger partial charge in [-0.1, -0.05) is 32.9 Å². The average Bonchev–Trinajstić information content (AvgIpc) is 2.40. The predicted octanol–water partition coefficient (Wildman–Crippen LogP) is 3.58. The van der Waals surface area contributed by atoms with Gasteiger partial charge in [0.15, 0.2) is 0 Å². The minimum absolute atomic E-state index is 0.0229. The van der Waals surface area contributed by atoms with Gasteiger partial charge in [-0.2, -0.15) is 0 Å². The van der Waals surface area contributed by atoms with Crippen LogP contribution in [0.5, 0.6) is 0 Å². The highest BCUT2D eigenvalue weighted by molar-refractivity contribution is 5.90. The summed E-state index contributed by atoms with van der Waals surface area (Å²) in [6.07, 6.45) is 0.774. The van der Waals surface area contributed by atoms with E-state index >= 15 is 0 Å². The Bertz CT molecular complexity index is 432. The van der Waals surface area contributed by atoms with E-state index in [4.69, 9.17) is 4.74 Å². The first-order valence-electron chi connectivity index (χ1n) is 6.82. The Labute approximate surface area is 115 Å². The number of carbonyl (C=O) groups excluding carboxylic acids is 2. The number of ether oxygens (including phenoxy) is 1. The monoisotopic (exact) mass is 262 g/mol. The summed E-state index contributed by atoms with van der Waals surface area (Å²) in [6, 6.07) is 7.15. The first-order chi connectivity index (χ1) is 9.01. The zero-order valence-electron chi connectivity index (χ0n) is 12.1. The lowest BCUT2D eigenvalue weighted by Gasteiger charge is -2.16. The van der Waals surface area contributed by atoms with E-state index in [9.17, 15) is 9.59 Å². The molecule has 0 amide bonds. The lowest BCUT2D eigenvalue weighted by Crippen LogP contribution is -2.17. The second-order valence-corrected chi connectivity index (χ2v) is 4.86. The molecular formula is C16H22O3. The third-order valence-electron chi connectivity index (χ3n) is 3.14. The van der Waals surface area contributed by atoms with Crippen LogP contribution in [0.2, 0.25) is 0 Å². The van der Waals surface area contributed by atoms with E-state index in [-0.39, 0.29) is 23.6 Å². The zero-order valence-corrected chi connectivity index (χ0v) is 12.1. The van der Waals surface area contributed by atoms with E-state index in [0.29, 0.717) is 12.2 Å². The fraction of sp³-hybridized carbons (Fsp3) is 0.500. The van der Waals surface area contributed by atoms with Gasteiger partial charge in [0, 0.05) is 11.8 Å². The van der Waals surface area contributed by atoms with Crippen molar-refractivity contribution in [1.29, 1.82) is 0 Å². The number of carbonyl (C=O) groups is 2. The number of ketones is 1. The Kier molecular flexibility index (Phi) is 5.74. The molecule has 3 nitrogen and oxygen atoms in total. The van der Waals surface area contributed by atoms with Crippen molar-refractivity contribution in [3.05, 3.63) is 35.4 Å². The van der Waals surface area contributed by atoms with Gasteiger partial charge in [-0.05, 0) is 31.0 Å². The molecule has 0 saturated carbocycles. The second-order valence-electron chi connectivity index (χ2n) is 4.86. The smallest absolute Gasteiger partial charge is 0.338 e. The second kappa shape index (κ2) is 7.07. The summed E-state index contributed by atoms with van der Waals surface area (Å²) in [5.74, 6) is -0.144. The fourth-order valence-corrected chi connectivity index (χ4v) is 2.07. The SMILES string of the molecule is CCOC(=O)c1ccc([C@H](CC)C(=O)C(C)C)cc1. The fourth-order valence-electron chi connectivity index (χ4n) is 2.07. The van der Waals surface area contributed by atoms with E-state index in [2.05, 4.69) is 0 Å². The van der Waals surface area contributed by atoms with Crippen LogP contribution in [0.3, 0.4) is 0 Å². The lowest BCUT2D eigenvalue weighted by molar-refractivity contribution is -0.123.